The number of anilines is 1. The lowest BCUT2D eigenvalue weighted by Crippen LogP contribution is -2.48. The van der Waals surface area contributed by atoms with Crippen molar-refractivity contribution in [3.05, 3.63) is 99.5 Å². The number of amides is 5. The number of ether oxygens (including phenoxy) is 1. The van der Waals surface area contributed by atoms with Gasteiger partial charge in [0.1, 0.15) is 12.6 Å². The van der Waals surface area contributed by atoms with Crippen LogP contribution in [-0.4, -0.2) is 36.5 Å². The summed E-state index contributed by atoms with van der Waals surface area (Å²) in [6.45, 7) is 0.559. The summed E-state index contributed by atoms with van der Waals surface area (Å²) in [6.07, 6.45) is 0.142. The molecule has 3 rings (SSSR count). The SMILES string of the molecule is NC(=O)Cc1ccc(CNC(=O)[C@@H](CCCNC(=O)OCc2ccccc2)NC(=O)Nc2ccc(Cl)cc2Cl)cc1. The molecule has 12 heteroatoms. The summed E-state index contributed by atoms with van der Waals surface area (Å²) in [6, 6.07) is 19.4. The number of nitrogens with one attached hydrogen (secondary N) is 4. The fraction of sp³-hybridized carbons (Fsp3) is 0.241. The van der Waals surface area contributed by atoms with Crippen LogP contribution in [-0.2, 0) is 33.9 Å². The Labute approximate surface area is 247 Å². The van der Waals surface area contributed by atoms with Gasteiger partial charge in [0.2, 0.25) is 11.8 Å². The standard InChI is InChI=1S/C29H31Cl2N5O5/c30-22-12-13-24(23(31)16-22)35-28(39)36-25(7-4-14-33-29(40)41-18-21-5-2-1-3-6-21)27(38)34-17-20-10-8-19(9-11-20)15-26(32)37/h1-3,5-6,8-13,16,25H,4,7,14-15,17-18H2,(H2,32,37)(H,33,40)(H,34,38)(H2,35,36,39)/t25-/m1/s1. The van der Waals surface area contributed by atoms with Crippen LogP contribution in [0.2, 0.25) is 10.0 Å². The monoisotopic (exact) mass is 599 g/mol. The second-order valence-corrected chi connectivity index (χ2v) is 9.93. The van der Waals surface area contributed by atoms with Gasteiger partial charge >= 0.3 is 12.1 Å². The van der Waals surface area contributed by atoms with Gasteiger partial charge in [-0.05, 0) is 47.7 Å². The van der Waals surface area contributed by atoms with E-state index in [1.807, 2.05) is 30.3 Å². The third-order valence-electron chi connectivity index (χ3n) is 5.82. The van der Waals surface area contributed by atoms with Crippen LogP contribution < -0.4 is 27.0 Å². The largest absolute Gasteiger partial charge is 0.445 e. The van der Waals surface area contributed by atoms with E-state index in [-0.39, 0.29) is 37.6 Å². The summed E-state index contributed by atoms with van der Waals surface area (Å²) in [5.41, 5.74) is 7.97. The molecule has 0 saturated carbocycles. The highest BCUT2D eigenvalue weighted by atomic mass is 35.5. The zero-order chi connectivity index (χ0) is 29.6. The number of hydrogen-bond donors (Lipinski definition) is 5. The molecule has 41 heavy (non-hydrogen) atoms. The van der Waals surface area contributed by atoms with Crippen molar-refractivity contribution in [3.63, 3.8) is 0 Å². The topological polar surface area (TPSA) is 152 Å². The number of carbonyl (C=O) groups excluding carboxylic acids is 4. The number of rotatable bonds is 13. The van der Waals surface area contributed by atoms with E-state index in [0.717, 1.165) is 16.7 Å². The van der Waals surface area contributed by atoms with Crippen molar-refractivity contribution in [1.29, 1.82) is 0 Å². The summed E-state index contributed by atoms with van der Waals surface area (Å²) in [7, 11) is 0. The van der Waals surface area contributed by atoms with E-state index in [9.17, 15) is 19.2 Å². The van der Waals surface area contributed by atoms with E-state index in [1.165, 1.54) is 6.07 Å². The Hall–Kier alpha value is -4.28. The molecule has 3 aromatic rings. The fourth-order valence-corrected chi connectivity index (χ4v) is 4.19. The first-order valence-corrected chi connectivity index (χ1v) is 13.6. The Morgan fingerprint density at radius 2 is 1.56 bits per heavy atom. The smallest absolute Gasteiger partial charge is 0.407 e. The molecule has 0 unspecified atom stereocenters. The second-order valence-electron chi connectivity index (χ2n) is 9.08. The lowest BCUT2D eigenvalue weighted by Gasteiger charge is -2.19. The van der Waals surface area contributed by atoms with E-state index < -0.39 is 30.0 Å². The van der Waals surface area contributed by atoms with Gasteiger partial charge in [0.05, 0.1) is 17.1 Å². The van der Waals surface area contributed by atoms with E-state index >= 15 is 0 Å². The zero-order valence-electron chi connectivity index (χ0n) is 22.1. The van der Waals surface area contributed by atoms with Gasteiger partial charge in [-0.25, -0.2) is 9.59 Å². The van der Waals surface area contributed by atoms with Crippen LogP contribution in [0.15, 0.2) is 72.8 Å². The van der Waals surface area contributed by atoms with E-state index in [0.29, 0.717) is 17.1 Å². The van der Waals surface area contributed by atoms with Crippen LogP contribution in [0.1, 0.15) is 29.5 Å². The second kappa shape index (κ2) is 16.1. The van der Waals surface area contributed by atoms with Gasteiger partial charge in [0.15, 0.2) is 0 Å². The molecule has 0 aliphatic heterocycles. The minimum atomic E-state index is -0.919. The van der Waals surface area contributed by atoms with E-state index in [2.05, 4.69) is 21.3 Å². The van der Waals surface area contributed by atoms with Gasteiger partial charge in [-0.1, -0.05) is 77.8 Å². The molecular weight excluding hydrogens is 569 g/mol. The van der Waals surface area contributed by atoms with Crippen LogP contribution in [0.25, 0.3) is 0 Å². The van der Waals surface area contributed by atoms with Gasteiger partial charge < -0.3 is 31.7 Å². The Morgan fingerprint density at radius 3 is 2.24 bits per heavy atom. The fourth-order valence-electron chi connectivity index (χ4n) is 3.74. The average molecular weight is 601 g/mol. The summed E-state index contributed by atoms with van der Waals surface area (Å²) in [5.74, 6) is -0.854. The molecule has 3 aromatic carbocycles. The average Bonchev–Trinajstić information content (AvgIpc) is 2.94. The van der Waals surface area contributed by atoms with Crippen LogP contribution in [0.5, 0.6) is 0 Å². The van der Waals surface area contributed by atoms with Crippen LogP contribution in [0.4, 0.5) is 15.3 Å². The van der Waals surface area contributed by atoms with Crippen molar-refractivity contribution < 1.29 is 23.9 Å². The molecule has 0 fully saturated rings. The van der Waals surface area contributed by atoms with Crippen LogP contribution in [0.3, 0.4) is 0 Å². The predicted molar refractivity (Wildman–Crippen MR) is 157 cm³/mol. The number of primary amides is 1. The summed E-state index contributed by atoms with van der Waals surface area (Å²) < 4.78 is 5.19. The number of carbonyl (C=O) groups is 4. The third kappa shape index (κ3) is 11.4. The van der Waals surface area contributed by atoms with E-state index in [4.69, 9.17) is 33.7 Å². The van der Waals surface area contributed by atoms with Gasteiger partial charge in [0.25, 0.3) is 0 Å². The first-order valence-electron chi connectivity index (χ1n) is 12.8. The molecule has 0 saturated heterocycles. The lowest BCUT2D eigenvalue weighted by molar-refractivity contribution is -0.123. The zero-order valence-corrected chi connectivity index (χ0v) is 23.6. The quantitative estimate of drug-likeness (QED) is 0.183. The third-order valence-corrected chi connectivity index (χ3v) is 6.37. The normalized spacial score (nSPS) is 11.2. The maximum Gasteiger partial charge on any atom is 0.407 e. The highest BCUT2D eigenvalue weighted by Gasteiger charge is 2.21. The Balaban J connectivity index is 1.54. The lowest BCUT2D eigenvalue weighted by atomic mass is 10.1. The molecule has 0 aromatic heterocycles. The summed E-state index contributed by atoms with van der Waals surface area (Å²) in [5, 5.41) is 11.4. The molecule has 0 bridgehead atoms. The molecule has 0 aliphatic carbocycles. The molecule has 5 amide bonds. The summed E-state index contributed by atoms with van der Waals surface area (Å²) in [4.78, 5) is 48.9. The first-order chi connectivity index (χ1) is 19.7. The van der Waals surface area contributed by atoms with Crippen molar-refractivity contribution in [2.24, 2.45) is 5.73 Å². The van der Waals surface area contributed by atoms with Crippen molar-refractivity contribution >= 4 is 52.8 Å². The first kappa shape index (κ1) is 31.3. The maximum absolute atomic E-state index is 13.0. The number of halogens is 2. The number of urea groups is 1. The van der Waals surface area contributed by atoms with Crippen molar-refractivity contribution in [3.8, 4) is 0 Å². The van der Waals surface area contributed by atoms with Gasteiger partial charge in [0, 0.05) is 18.1 Å². The van der Waals surface area contributed by atoms with Crippen LogP contribution >= 0.6 is 23.2 Å². The number of benzene rings is 3. The van der Waals surface area contributed by atoms with Crippen molar-refractivity contribution in [1.82, 2.24) is 16.0 Å². The highest BCUT2D eigenvalue weighted by Crippen LogP contribution is 2.25. The van der Waals surface area contributed by atoms with Crippen molar-refractivity contribution in [2.45, 2.75) is 38.5 Å². The van der Waals surface area contributed by atoms with Crippen LogP contribution in [0, 0.1) is 0 Å². The molecule has 0 radical (unpaired) electrons. The Kier molecular flexibility index (Phi) is 12.3. The van der Waals surface area contributed by atoms with Gasteiger partial charge in [-0.2, -0.15) is 0 Å². The number of hydrogen-bond acceptors (Lipinski definition) is 5. The molecule has 0 spiro atoms. The molecule has 1 atom stereocenters. The predicted octanol–water partition coefficient (Wildman–Crippen LogP) is 4.53. The minimum Gasteiger partial charge on any atom is -0.445 e. The molecule has 10 nitrogen and oxygen atoms in total. The Bertz CT molecular complexity index is 1340. The van der Waals surface area contributed by atoms with Gasteiger partial charge in [-0.15, -0.1) is 0 Å². The minimum absolute atomic E-state index is 0.124. The molecule has 0 heterocycles. The van der Waals surface area contributed by atoms with Gasteiger partial charge in [-0.3, -0.25) is 9.59 Å². The Morgan fingerprint density at radius 1 is 0.854 bits per heavy atom. The summed E-state index contributed by atoms with van der Waals surface area (Å²) >= 11 is 12.1. The highest BCUT2D eigenvalue weighted by molar-refractivity contribution is 6.36. The van der Waals surface area contributed by atoms with E-state index in [1.54, 1.807) is 36.4 Å². The molecular formula is C29H31Cl2N5O5. The maximum atomic E-state index is 13.0. The molecule has 6 N–H and O–H groups in total. The molecule has 0 aliphatic rings. The number of nitrogens with two attached hydrogens (primary N) is 1. The number of alkyl carbamates (subject to hydrolysis) is 1. The van der Waals surface area contributed by atoms with Crippen molar-refractivity contribution in [2.75, 3.05) is 11.9 Å². The molecule has 216 valence electrons.